The van der Waals surface area contributed by atoms with E-state index in [9.17, 15) is 14.0 Å². The fourth-order valence-corrected chi connectivity index (χ4v) is 4.30. The predicted molar refractivity (Wildman–Crippen MR) is 112 cm³/mol. The lowest BCUT2D eigenvalue weighted by Gasteiger charge is -2.32. The van der Waals surface area contributed by atoms with Crippen LogP contribution in [0.25, 0.3) is 0 Å². The Bertz CT molecular complexity index is 931. The smallest absolute Gasteiger partial charge is 0.256 e. The standard InChI is InChI=1S/C22H23FN2O4S/c23-18-4-2-1-3-17(18)22(27)25-9-7-15(8-10-25)24-21(26)14-30-16-5-6-19-20(13-16)29-12-11-28-19/h1-6,13,15H,7-12,14H2,(H,24,26). The van der Waals surface area contributed by atoms with Crippen LogP contribution in [0, 0.1) is 5.82 Å². The molecule has 2 aliphatic rings. The van der Waals surface area contributed by atoms with E-state index < -0.39 is 5.82 Å². The van der Waals surface area contributed by atoms with Crippen molar-refractivity contribution in [2.75, 3.05) is 32.1 Å². The molecule has 0 radical (unpaired) electrons. The third-order valence-corrected chi connectivity index (χ3v) is 6.13. The third-order valence-electron chi connectivity index (χ3n) is 5.14. The number of hydrogen-bond acceptors (Lipinski definition) is 5. The number of piperidine rings is 1. The zero-order valence-corrected chi connectivity index (χ0v) is 17.3. The minimum atomic E-state index is -0.505. The molecule has 0 atom stereocenters. The summed E-state index contributed by atoms with van der Waals surface area (Å²) in [5.74, 6) is 0.883. The van der Waals surface area contributed by atoms with Crippen molar-refractivity contribution in [3.63, 3.8) is 0 Å². The van der Waals surface area contributed by atoms with E-state index in [0.717, 1.165) is 10.6 Å². The van der Waals surface area contributed by atoms with Gasteiger partial charge in [-0.3, -0.25) is 9.59 Å². The highest BCUT2D eigenvalue weighted by molar-refractivity contribution is 8.00. The van der Waals surface area contributed by atoms with Gasteiger partial charge in [0.15, 0.2) is 11.5 Å². The van der Waals surface area contributed by atoms with Crippen molar-refractivity contribution in [2.45, 2.75) is 23.8 Å². The van der Waals surface area contributed by atoms with Crippen LogP contribution < -0.4 is 14.8 Å². The normalized spacial score (nSPS) is 16.2. The predicted octanol–water partition coefficient (Wildman–Crippen LogP) is 3.11. The van der Waals surface area contributed by atoms with Crippen molar-refractivity contribution in [2.24, 2.45) is 0 Å². The van der Waals surface area contributed by atoms with Crippen LogP contribution in [0.15, 0.2) is 47.4 Å². The van der Waals surface area contributed by atoms with E-state index in [4.69, 9.17) is 9.47 Å². The SMILES string of the molecule is O=C(CSc1ccc2c(c1)OCCO2)NC1CCN(C(=O)c2ccccc2F)CC1. The first-order valence-corrected chi connectivity index (χ1v) is 10.9. The molecule has 2 amide bonds. The van der Waals surface area contributed by atoms with Crippen LogP contribution in [0.2, 0.25) is 0 Å². The first-order valence-electron chi connectivity index (χ1n) is 9.96. The van der Waals surface area contributed by atoms with Gasteiger partial charge in [0.05, 0.1) is 11.3 Å². The lowest BCUT2D eigenvalue weighted by Crippen LogP contribution is -2.47. The summed E-state index contributed by atoms with van der Waals surface area (Å²) in [5, 5.41) is 3.03. The van der Waals surface area contributed by atoms with Gasteiger partial charge in [-0.2, -0.15) is 0 Å². The Balaban J connectivity index is 1.23. The van der Waals surface area contributed by atoms with Crippen LogP contribution in [0.5, 0.6) is 11.5 Å². The molecule has 30 heavy (non-hydrogen) atoms. The molecule has 1 saturated heterocycles. The van der Waals surface area contributed by atoms with Gasteiger partial charge in [0.1, 0.15) is 19.0 Å². The van der Waals surface area contributed by atoms with Crippen LogP contribution in [-0.2, 0) is 4.79 Å². The molecule has 0 aromatic heterocycles. The molecule has 158 valence electrons. The molecule has 0 bridgehead atoms. The number of nitrogens with zero attached hydrogens (tertiary/aromatic N) is 1. The van der Waals surface area contributed by atoms with E-state index in [-0.39, 0.29) is 23.4 Å². The van der Waals surface area contributed by atoms with Crippen LogP contribution in [0.4, 0.5) is 4.39 Å². The van der Waals surface area contributed by atoms with E-state index in [0.29, 0.717) is 50.6 Å². The molecule has 0 aliphatic carbocycles. The highest BCUT2D eigenvalue weighted by Gasteiger charge is 2.26. The van der Waals surface area contributed by atoms with E-state index >= 15 is 0 Å². The van der Waals surface area contributed by atoms with Gasteiger partial charge in [-0.1, -0.05) is 12.1 Å². The lowest BCUT2D eigenvalue weighted by molar-refractivity contribution is -0.119. The monoisotopic (exact) mass is 430 g/mol. The molecule has 2 aromatic carbocycles. The second-order valence-corrected chi connectivity index (χ2v) is 8.26. The number of fused-ring (bicyclic) bond motifs is 1. The highest BCUT2D eigenvalue weighted by Crippen LogP contribution is 2.34. The molecule has 6 nitrogen and oxygen atoms in total. The van der Waals surface area contributed by atoms with Gasteiger partial charge in [0.2, 0.25) is 5.91 Å². The number of benzene rings is 2. The highest BCUT2D eigenvalue weighted by atomic mass is 32.2. The van der Waals surface area contributed by atoms with Crippen molar-refractivity contribution in [1.29, 1.82) is 0 Å². The fourth-order valence-electron chi connectivity index (χ4n) is 3.56. The molecule has 4 rings (SSSR count). The van der Waals surface area contributed by atoms with Gasteiger partial charge in [-0.05, 0) is 43.2 Å². The minimum Gasteiger partial charge on any atom is -0.486 e. The molecule has 8 heteroatoms. The first-order chi connectivity index (χ1) is 14.6. The van der Waals surface area contributed by atoms with Gasteiger partial charge in [-0.25, -0.2) is 4.39 Å². The number of nitrogens with one attached hydrogen (secondary N) is 1. The second-order valence-electron chi connectivity index (χ2n) is 7.21. The number of hydrogen-bond donors (Lipinski definition) is 1. The Morgan fingerprint density at radius 3 is 2.57 bits per heavy atom. The quantitative estimate of drug-likeness (QED) is 0.739. The van der Waals surface area contributed by atoms with E-state index in [1.807, 2.05) is 18.2 Å². The molecular formula is C22H23FN2O4S. The molecule has 0 unspecified atom stereocenters. The number of rotatable bonds is 5. The van der Waals surface area contributed by atoms with Crippen molar-refractivity contribution in [3.8, 4) is 11.5 Å². The summed E-state index contributed by atoms with van der Waals surface area (Å²) < 4.78 is 24.9. The summed E-state index contributed by atoms with van der Waals surface area (Å²) in [6.07, 6.45) is 1.31. The molecule has 2 heterocycles. The van der Waals surface area contributed by atoms with Gasteiger partial charge >= 0.3 is 0 Å². The molecule has 0 saturated carbocycles. The molecule has 2 aliphatic heterocycles. The Kier molecular flexibility index (Phi) is 6.42. The summed E-state index contributed by atoms with van der Waals surface area (Å²) in [6.45, 7) is 2.06. The minimum absolute atomic E-state index is 0.0167. The Morgan fingerprint density at radius 1 is 1.07 bits per heavy atom. The van der Waals surface area contributed by atoms with E-state index in [1.54, 1.807) is 17.0 Å². The number of carbonyl (C=O) groups is 2. The molecular weight excluding hydrogens is 407 g/mol. The molecule has 0 spiro atoms. The zero-order chi connectivity index (χ0) is 20.9. The number of likely N-dealkylation sites (tertiary alicyclic amines) is 1. The summed E-state index contributed by atoms with van der Waals surface area (Å²) in [4.78, 5) is 27.4. The van der Waals surface area contributed by atoms with Crippen LogP contribution in [-0.4, -0.2) is 54.8 Å². The average Bonchev–Trinajstić information content (AvgIpc) is 2.78. The van der Waals surface area contributed by atoms with Crippen LogP contribution in [0.3, 0.4) is 0 Å². The Morgan fingerprint density at radius 2 is 1.80 bits per heavy atom. The average molecular weight is 431 g/mol. The molecule has 1 fully saturated rings. The van der Waals surface area contributed by atoms with Gasteiger partial charge in [0, 0.05) is 24.0 Å². The van der Waals surface area contributed by atoms with Crippen molar-refractivity contribution in [1.82, 2.24) is 10.2 Å². The number of amides is 2. The second kappa shape index (κ2) is 9.38. The Labute approximate surface area is 178 Å². The topological polar surface area (TPSA) is 67.9 Å². The third kappa shape index (κ3) is 4.87. The summed E-state index contributed by atoms with van der Waals surface area (Å²) in [7, 11) is 0. The number of carbonyl (C=O) groups excluding carboxylic acids is 2. The number of thioether (sulfide) groups is 1. The van der Waals surface area contributed by atoms with Crippen LogP contribution in [0.1, 0.15) is 23.2 Å². The maximum Gasteiger partial charge on any atom is 0.256 e. The Hall–Kier alpha value is -2.74. The number of ether oxygens (including phenoxy) is 2. The van der Waals surface area contributed by atoms with Crippen molar-refractivity contribution >= 4 is 23.6 Å². The largest absolute Gasteiger partial charge is 0.486 e. The van der Waals surface area contributed by atoms with Crippen molar-refractivity contribution in [3.05, 3.63) is 53.8 Å². The van der Waals surface area contributed by atoms with Gasteiger partial charge in [0.25, 0.3) is 5.91 Å². The summed E-state index contributed by atoms with van der Waals surface area (Å²) >= 11 is 1.44. The van der Waals surface area contributed by atoms with Crippen molar-refractivity contribution < 1.29 is 23.5 Å². The molecule has 1 N–H and O–H groups in total. The van der Waals surface area contributed by atoms with E-state index in [2.05, 4.69) is 5.32 Å². The van der Waals surface area contributed by atoms with E-state index in [1.165, 1.54) is 23.9 Å². The maximum atomic E-state index is 13.8. The van der Waals surface area contributed by atoms with Crippen LogP contribution >= 0.6 is 11.8 Å². The lowest BCUT2D eigenvalue weighted by atomic mass is 10.0. The van der Waals surface area contributed by atoms with Gasteiger partial charge in [-0.15, -0.1) is 11.8 Å². The zero-order valence-electron chi connectivity index (χ0n) is 16.4. The fraction of sp³-hybridized carbons (Fsp3) is 0.364. The maximum absolute atomic E-state index is 13.8. The van der Waals surface area contributed by atoms with Gasteiger partial charge < -0.3 is 19.7 Å². The number of halogens is 1. The summed E-state index contributed by atoms with van der Waals surface area (Å²) in [6, 6.07) is 11.7. The first kappa shape index (κ1) is 20.5. The molecule has 2 aromatic rings. The summed E-state index contributed by atoms with van der Waals surface area (Å²) in [5.41, 5.74) is 0.0933.